The molecule has 6 heterocycles. The van der Waals surface area contributed by atoms with E-state index >= 15 is 0 Å². The first kappa shape index (κ1) is 29.6. The molecular formula is C37H38FN7O2. The fourth-order valence-electron chi connectivity index (χ4n) is 6.85. The van der Waals surface area contributed by atoms with Crippen LogP contribution in [-0.2, 0) is 0 Å². The molecule has 9 nitrogen and oxygen atoms in total. The highest BCUT2D eigenvalue weighted by Crippen LogP contribution is 2.36. The molecule has 0 aliphatic carbocycles. The van der Waals surface area contributed by atoms with Crippen molar-refractivity contribution in [3.8, 4) is 45.3 Å². The van der Waals surface area contributed by atoms with Crippen LogP contribution in [0.3, 0.4) is 0 Å². The van der Waals surface area contributed by atoms with Crippen molar-refractivity contribution < 1.29 is 13.9 Å². The molecule has 10 heteroatoms. The molecule has 2 fully saturated rings. The molecule has 2 aromatic carbocycles. The van der Waals surface area contributed by atoms with Crippen molar-refractivity contribution in [1.29, 1.82) is 0 Å². The molecule has 240 valence electrons. The van der Waals surface area contributed by atoms with E-state index in [1.165, 1.54) is 31.7 Å². The Hall–Kier alpha value is -4.80. The van der Waals surface area contributed by atoms with E-state index in [4.69, 9.17) is 9.47 Å². The second-order valence-corrected chi connectivity index (χ2v) is 12.5. The molecular weight excluding hydrogens is 593 g/mol. The fourth-order valence-corrected chi connectivity index (χ4v) is 6.85. The van der Waals surface area contributed by atoms with E-state index < -0.39 is 0 Å². The zero-order chi connectivity index (χ0) is 31.6. The van der Waals surface area contributed by atoms with Gasteiger partial charge in [0, 0.05) is 47.2 Å². The molecule has 4 aromatic heterocycles. The van der Waals surface area contributed by atoms with Crippen LogP contribution in [0.25, 0.3) is 55.6 Å². The largest absolute Gasteiger partial charge is 0.492 e. The third-order valence-electron chi connectivity index (χ3n) is 9.31. The Bertz CT molecular complexity index is 2010. The Morgan fingerprint density at radius 2 is 1.47 bits per heavy atom. The van der Waals surface area contributed by atoms with E-state index in [1.54, 1.807) is 24.7 Å². The Kier molecular flexibility index (Phi) is 8.27. The van der Waals surface area contributed by atoms with Crippen molar-refractivity contribution in [3.63, 3.8) is 0 Å². The van der Waals surface area contributed by atoms with E-state index in [-0.39, 0.29) is 5.82 Å². The third-order valence-corrected chi connectivity index (χ3v) is 9.31. The van der Waals surface area contributed by atoms with Crippen LogP contribution in [0.2, 0.25) is 0 Å². The molecule has 0 amide bonds. The first-order valence-corrected chi connectivity index (χ1v) is 16.6. The fraction of sp³-hybridized carbons (Fsp3) is 0.324. The molecule has 0 saturated carbocycles. The van der Waals surface area contributed by atoms with E-state index in [0.29, 0.717) is 19.0 Å². The average molecular weight is 632 g/mol. The number of rotatable bonds is 11. The van der Waals surface area contributed by atoms with Gasteiger partial charge in [0.05, 0.1) is 29.3 Å². The number of H-pyrrole nitrogens is 2. The maximum Gasteiger partial charge on any atom is 0.138 e. The van der Waals surface area contributed by atoms with Crippen molar-refractivity contribution in [3.05, 3.63) is 79.0 Å². The maximum atomic E-state index is 14.8. The van der Waals surface area contributed by atoms with Crippen molar-refractivity contribution in [2.24, 2.45) is 0 Å². The third kappa shape index (κ3) is 6.43. The van der Waals surface area contributed by atoms with Gasteiger partial charge in [0.25, 0.3) is 0 Å². The second-order valence-electron chi connectivity index (χ2n) is 12.5. The van der Waals surface area contributed by atoms with Crippen LogP contribution in [0.4, 0.5) is 4.39 Å². The van der Waals surface area contributed by atoms with Crippen LogP contribution < -0.4 is 9.47 Å². The van der Waals surface area contributed by atoms with E-state index in [2.05, 4.69) is 41.0 Å². The van der Waals surface area contributed by atoms with Gasteiger partial charge in [0.2, 0.25) is 0 Å². The number of hydrogen-bond acceptors (Lipinski definition) is 7. The van der Waals surface area contributed by atoms with Crippen LogP contribution >= 0.6 is 0 Å². The van der Waals surface area contributed by atoms with Crippen LogP contribution in [-0.4, -0.2) is 87.4 Å². The van der Waals surface area contributed by atoms with Crippen molar-refractivity contribution in [2.75, 3.05) is 52.5 Å². The van der Waals surface area contributed by atoms with E-state index in [1.807, 2.05) is 36.4 Å². The molecule has 0 atom stereocenters. The molecule has 6 aromatic rings. The average Bonchev–Trinajstić information content (AvgIpc) is 3.91. The number of halogens is 1. The van der Waals surface area contributed by atoms with Gasteiger partial charge in [0.15, 0.2) is 0 Å². The molecule has 0 radical (unpaired) electrons. The number of aromatic nitrogens is 5. The van der Waals surface area contributed by atoms with Gasteiger partial charge in [-0.25, -0.2) is 4.39 Å². The topological polar surface area (TPSA) is 95.2 Å². The lowest BCUT2D eigenvalue weighted by molar-refractivity contribution is 0.237. The molecule has 47 heavy (non-hydrogen) atoms. The molecule has 0 bridgehead atoms. The summed E-state index contributed by atoms with van der Waals surface area (Å²) in [5.74, 6) is 0.956. The van der Waals surface area contributed by atoms with Gasteiger partial charge in [-0.1, -0.05) is 12.1 Å². The summed E-state index contributed by atoms with van der Waals surface area (Å²) < 4.78 is 26.9. The monoisotopic (exact) mass is 631 g/mol. The highest BCUT2D eigenvalue weighted by molar-refractivity contribution is 6.01. The zero-order valence-corrected chi connectivity index (χ0v) is 26.3. The number of ether oxygens (including phenoxy) is 2. The number of benzene rings is 2. The second kappa shape index (κ2) is 13.1. The Balaban J connectivity index is 1.05. The first-order chi connectivity index (χ1) is 23.2. The maximum absolute atomic E-state index is 14.8. The normalized spacial score (nSPS) is 15.7. The van der Waals surface area contributed by atoms with Gasteiger partial charge in [-0.3, -0.25) is 24.9 Å². The number of fused-ring (bicyclic) bond motifs is 2. The quantitative estimate of drug-likeness (QED) is 0.160. The summed E-state index contributed by atoms with van der Waals surface area (Å²) in [6.45, 7) is 7.46. The predicted octanol–water partition coefficient (Wildman–Crippen LogP) is 6.92. The molecule has 2 saturated heterocycles. The van der Waals surface area contributed by atoms with Crippen molar-refractivity contribution in [2.45, 2.75) is 25.7 Å². The lowest BCUT2D eigenvalue weighted by atomic mass is 10.0. The van der Waals surface area contributed by atoms with Gasteiger partial charge in [-0.15, -0.1) is 0 Å². The summed E-state index contributed by atoms with van der Waals surface area (Å²) in [6.07, 6.45) is 10.4. The molecule has 0 unspecified atom stereocenters. The van der Waals surface area contributed by atoms with Crippen LogP contribution in [0.5, 0.6) is 11.5 Å². The standard InChI is InChI=1S/C37H38FN7O2/c38-27-16-25(17-28(19-27)46-14-12-44-8-1-2-9-44)30-6-5-7-33-31(30)20-35(41-33)37-32-21-34(40-24-36(32)42-43-37)26-18-29(23-39-22-26)47-15-13-45-10-3-4-11-45/h5-7,16-24,41H,1-4,8-15H2,(H,42,43). The van der Waals surface area contributed by atoms with Crippen molar-refractivity contribution >= 4 is 21.8 Å². The van der Waals surface area contributed by atoms with Crippen molar-refractivity contribution in [1.82, 2.24) is 34.9 Å². The molecule has 0 spiro atoms. The Morgan fingerprint density at radius 3 is 2.26 bits per heavy atom. The number of nitrogens with zero attached hydrogens (tertiary/aromatic N) is 5. The molecule has 2 N–H and O–H groups in total. The summed E-state index contributed by atoms with van der Waals surface area (Å²) in [5, 5.41) is 9.70. The van der Waals surface area contributed by atoms with Gasteiger partial charge in [0.1, 0.15) is 36.2 Å². The smallest absolute Gasteiger partial charge is 0.138 e. The highest BCUT2D eigenvalue weighted by Gasteiger charge is 2.17. The summed E-state index contributed by atoms with van der Waals surface area (Å²) in [7, 11) is 0. The van der Waals surface area contributed by atoms with Gasteiger partial charge in [-0.2, -0.15) is 5.10 Å². The Morgan fingerprint density at radius 1 is 0.723 bits per heavy atom. The lowest BCUT2D eigenvalue weighted by Crippen LogP contribution is -2.25. The number of aromatic amines is 2. The van der Waals surface area contributed by atoms with Gasteiger partial charge >= 0.3 is 0 Å². The minimum absolute atomic E-state index is 0.319. The number of likely N-dealkylation sites (tertiary alicyclic amines) is 2. The van der Waals surface area contributed by atoms with Crippen LogP contribution in [0, 0.1) is 5.82 Å². The number of hydrogen-bond donors (Lipinski definition) is 2. The number of nitrogens with one attached hydrogen (secondary N) is 2. The number of pyridine rings is 2. The lowest BCUT2D eigenvalue weighted by Gasteiger charge is -2.15. The van der Waals surface area contributed by atoms with E-state index in [0.717, 1.165) is 101 Å². The van der Waals surface area contributed by atoms with Crippen LogP contribution in [0.1, 0.15) is 25.7 Å². The minimum atomic E-state index is -0.319. The zero-order valence-electron chi connectivity index (χ0n) is 26.3. The van der Waals surface area contributed by atoms with Gasteiger partial charge < -0.3 is 14.5 Å². The minimum Gasteiger partial charge on any atom is -0.492 e. The SMILES string of the molecule is Fc1cc(OCCN2CCCC2)cc(-c2cccc3[nH]c(-c4n[nH]c5cnc(-c6cncc(OCCN7CCCC7)c6)cc45)cc23)c1. The van der Waals surface area contributed by atoms with Crippen LogP contribution in [0.15, 0.2) is 73.2 Å². The summed E-state index contributed by atoms with van der Waals surface area (Å²) in [4.78, 5) is 17.5. The Labute approximate surface area is 272 Å². The molecule has 2 aliphatic rings. The highest BCUT2D eigenvalue weighted by atomic mass is 19.1. The van der Waals surface area contributed by atoms with E-state index in [9.17, 15) is 4.39 Å². The summed E-state index contributed by atoms with van der Waals surface area (Å²) in [6, 6.07) is 17.1. The predicted molar refractivity (Wildman–Crippen MR) is 182 cm³/mol. The summed E-state index contributed by atoms with van der Waals surface area (Å²) >= 11 is 0. The van der Waals surface area contributed by atoms with Gasteiger partial charge in [-0.05, 0) is 99.4 Å². The molecule has 2 aliphatic heterocycles. The molecule has 8 rings (SSSR count). The first-order valence-electron chi connectivity index (χ1n) is 16.6. The summed E-state index contributed by atoms with van der Waals surface area (Å²) in [5.41, 5.74) is 6.75.